The first kappa shape index (κ1) is 29.4. The van der Waals surface area contributed by atoms with E-state index in [2.05, 4.69) is 25.6 Å². The average molecular weight is 589 g/mol. The molecule has 0 bridgehead atoms. The summed E-state index contributed by atoms with van der Waals surface area (Å²) in [5.74, 6) is -1.87. The van der Waals surface area contributed by atoms with E-state index in [1.54, 1.807) is 25.3 Å². The maximum absolute atomic E-state index is 15.2. The normalized spacial score (nSPS) is 23.0. The van der Waals surface area contributed by atoms with Crippen LogP contribution in [-0.4, -0.2) is 67.3 Å². The van der Waals surface area contributed by atoms with Gasteiger partial charge in [0.25, 0.3) is 0 Å². The minimum absolute atomic E-state index is 0.141. The van der Waals surface area contributed by atoms with Gasteiger partial charge in [-0.05, 0) is 65.0 Å². The Kier molecular flexibility index (Phi) is 8.15. The number of halogens is 3. The predicted octanol–water partition coefficient (Wildman–Crippen LogP) is 4.82. The van der Waals surface area contributed by atoms with Gasteiger partial charge in [0.05, 0.1) is 18.8 Å². The molecule has 2 fully saturated rings. The summed E-state index contributed by atoms with van der Waals surface area (Å²) in [5, 5.41) is 5.82. The number of piperidine rings is 1. The highest BCUT2D eigenvalue weighted by Crippen LogP contribution is 2.37. The summed E-state index contributed by atoms with van der Waals surface area (Å²) >= 11 is 0. The molecule has 2 aromatic heterocycles. The monoisotopic (exact) mass is 588 g/mol. The minimum Gasteiger partial charge on any atom is -0.444 e. The summed E-state index contributed by atoms with van der Waals surface area (Å²) in [5.41, 5.74) is 5.23. The molecule has 1 aliphatic heterocycles. The Hall–Kier alpha value is -4.10. The molecule has 3 aromatic rings. The second kappa shape index (κ2) is 11.6. The largest absolute Gasteiger partial charge is 0.444 e. The molecule has 2 amide bonds. The molecule has 0 spiro atoms. The number of alkyl halides is 1. The fourth-order valence-corrected chi connectivity index (χ4v) is 5.47. The molecule has 1 aliphatic carbocycles. The van der Waals surface area contributed by atoms with Gasteiger partial charge in [0.2, 0.25) is 17.8 Å². The number of benzene rings is 1. The first-order valence-corrected chi connectivity index (χ1v) is 14.0. The van der Waals surface area contributed by atoms with Gasteiger partial charge in [-0.3, -0.25) is 9.36 Å². The maximum atomic E-state index is 15.2. The number of imidazole rings is 1. The Morgan fingerprint density at radius 2 is 1.76 bits per heavy atom. The number of hydrogen-bond donors (Lipinski definition) is 3. The van der Waals surface area contributed by atoms with Gasteiger partial charge >= 0.3 is 6.09 Å². The summed E-state index contributed by atoms with van der Waals surface area (Å²) in [6.07, 6.45) is 2.01. The van der Waals surface area contributed by atoms with Gasteiger partial charge in [-0.15, -0.1) is 0 Å². The zero-order valence-corrected chi connectivity index (χ0v) is 23.7. The van der Waals surface area contributed by atoms with E-state index in [0.717, 1.165) is 12.1 Å². The molecule has 2 aliphatic rings. The maximum Gasteiger partial charge on any atom is 0.410 e. The van der Waals surface area contributed by atoms with Gasteiger partial charge in [-0.25, -0.2) is 27.9 Å². The molecule has 1 aromatic carbocycles. The van der Waals surface area contributed by atoms with Gasteiger partial charge in [-0.1, -0.05) is 6.07 Å². The van der Waals surface area contributed by atoms with Crippen LogP contribution in [-0.2, 0) is 9.53 Å². The van der Waals surface area contributed by atoms with Crippen molar-refractivity contribution in [2.75, 3.05) is 23.7 Å². The number of nitrogens with two attached hydrogens (primary N) is 1. The molecule has 226 valence electrons. The van der Waals surface area contributed by atoms with Crippen LogP contribution in [0.4, 0.5) is 35.5 Å². The second-order valence-electron chi connectivity index (χ2n) is 11.8. The van der Waals surface area contributed by atoms with E-state index in [1.165, 1.54) is 17.2 Å². The number of primary amides is 1. The lowest BCUT2D eigenvalue weighted by molar-refractivity contribution is -0.122. The quantitative estimate of drug-likeness (QED) is 0.372. The van der Waals surface area contributed by atoms with Crippen LogP contribution in [0, 0.1) is 17.6 Å². The van der Waals surface area contributed by atoms with Crippen molar-refractivity contribution in [3.8, 4) is 0 Å². The lowest BCUT2D eigenvalue weighted by Gasteiger charge is -2.35. The predicted molar refractivity (Wildman–Crippen MR) is 150 cm³/mol. The van der Waals surface area contributed by atoms with E-state index in [4.69, 9.17) is 10.5 Å². The van der Waals surface area contributed by atoms with Crippen LogP contribution in [0.1, 0.15) is 58.9 Å². The van der Waals surface area contributed by atoms with Crippen LogP contribution in [0.2, 0.25) is 0 Å². The number of hydrogen-bond acceptors (Lipinski definition) is 8. The van der Waals surface area contributed by atoms with Crippen LogP contribution >= 0.6 is 0 Å². The Morgan fingerprint density at radius 1 is 1.07 bits per heavy atom. The number of ether oxygens (including phenoxy) is 1. The van der Waals surface area contributed by atoms with Crippen LogP contribution in [0.15, 0.2) is 24.4 Å². The molecular formula is C28H35F3N8O3. The molecule has 5 rings (SSSR count). The summed E-state index contributed by atoms with van der Waals surface area (Å²) in [4.78, 5) is 38.9. The number of para-hydroxylation sites is 1. The van der Waals surface area contributed by atoms with Crippen molar-refractivity contribution in [1.29, 1.82) is 0 Å². The van der Waals surface area contributed by atoms with Gasteiger partial charge in [-0.2, -0.15) is 4.98 Å². The van der Waals surface area contributed by atoms with Crippen LogP contribution < -0.4 is 16.4 Å². The smallest absolute Gasteiger partial charge is 0.410 e. The van der Waals surface area contributed by atoms with Crippen molar-refractivity contribution in [1.82, 2.24) is 24.4 Å². The fourth-order valence-electron chi connectivity index (χ4n) is 5.47. The summed E-state index contributed by atoms with van der Waals surface area (Å²) < 4.78 is 51.4. The van der Waals surface area contributed by atoms with E-state index in [1.807, 2.05) is 0 Å². The number of fused-ring (bicyclic) bond motifs is 1. The molecule has 42 heavy (non-hydrogen) atoms. The molecule has 2 atom stereocenters. The van der Waals surface area contributed by atoms with E-state index in [9.17, 15) is 18.4 Å². The van der Waals surface area contributed by atoms with Crippen molar-refractivity contribution in [2.45, 2.75) is 76.7 Å². The summed E-state index contributed by atoms with van der Waals surface area (Å²) in [6.45, 7) is 5.40. The zero-order chi connectivity index (χ0) is 30.2. The van der Waals surface area contributed by atoms with Crippen LogP contribution in [0.5, 0.6) is 0 Å². The van der Waals surface area contributed by atoms with Crippen molar-refractivity contribution in [3.63, 3.8) is 0 Å². The number of carbonyl (C=O) groups excluding carboxylic acids is 2. The van der Waals surface area contributed by atoms with E-state index in [-0.39, 0.29) is 42.0 Å². The first-order valence-electron chi connectivity index (χ1n) is 14.0. The SMILES string of the molecule is CC(C)(C)OC(=O)N1CCC(Nc2ncc3nc(Nc4c(F)cccc4F)n(C4CCC(C(N)=O)CC4)c3n2)C(F)C1. The molecule has 1 saturated carbocycles. The molecule has 3 heterocycles. The van der Waals surface area contributed by atoms with Crippen molar-refractivity contribution in [2.24, 2.45) is 11.7 Å². The third-order valence-electron chi connectivity index (χ3n) is 7.60. The number of nitrogens with one attached hydrogen (secondary N) is 2. The number of rotatable bonds is 6. The number of likely N-dealkylation sites (tertiary alicyclic amines) is 1. The average Bonchev–Trinajstić information content (AvgIpc) is 3.28. The number of amides is 2. The lowest BCUT2D eigenvalue weighted by Crippen LogP contribution is -2.51. The van der Waals surface area contributed by atoms with E-state index >= 15 is 4.39 Å². The Balaban J connectivity index is 1.40. The summed E-state index contributed by atoms with van der Waals surface area (Å²) in [7, 11) is 0. The van der Waals surface area contributed by atoms with Crippen molar-refractivity contribution in [3.05, 3.63) is 36.0 Å². The fraction of sp³-hybridized carbons (Fsp3) is 0.536. The van der Waals surface area contributed by atoms with Gasteiger partial charge < -0.3 is 26.0 Å². The van der Waals surface area contributed by atoms with E-state index < -0.39 is 35.5 Å². The number of carbonyl (C=O) groups is 2. The van der Waals surface area contributed by atoms with Gasteiger partial charge in [0.1, 0.15) is 34.6 Å². The van der Waals surface area contributed by atoms with E-state index in [0.29, 0.717) is 49.8 Å². The third kappa shape index (κ3) is 6.36. The van der Waals surface area contributed by atoms with Gasteiger partial charge in [0, 0.05) is 18.5 Å². The van der Waals surface area contributed by atoms with Crippen LogP contribution in [0.25, 0.3) is 11.2 Å². The van der Waals surface area contributed by atoms with Crippen LogP contribution in [0.3, 0.4) is 0 Å². The topological polar surface area (TPSA) is 140 Å². The molecule has 1 saturated heterocycles. The molecule has 14 heteroatoms. The standard InChI is InChI=1S/C28H35F3N8O3/c1-28(2,3)42-27(41)38-12-11-20(19(31)14-38)34-25-33-13-21-24(37-25)39(16-9-7-15(8-10-16)23(32)40)26(35-21)36-22-17(29)5-4-6-18(22)30/h4-6,13,15-16,19-20H,7-12,14H2,1-3H3,(H2,32,40)(H,35,36)(H,33,34,37). The number of aromatic nitrogens is 4. The summed E-state index contributed by atoms with van der Waals surface area (Å²) in [6, 6.07) is 2.69. The first-order chi connectivity index (χ1) is 19.9. The Bertz CT molecular complexity index is 1450. The number of anilines is 3. The Morgan fingerprint density at radius 3 is 2.38 bits per heavy atom. The molecule has 4 N–H and O–H groups in total. The zero-order valence-electron chi connectivity index (χ0n) is 23.7. The second-order valence-corrected chi connectivity index (χ2v) is 11.8. The highest BCUT2D eigenvalue weighted by atomic mass is 19.1. The van der Waals surface area contributed by atoms with Crippen molar-refractivity contribution < 1.29 is 27.5 Å². The molecular weight excluding hydrogens is 553 g/mol. The number of nitrogens with zero attached hydrogens (tertiary/aromatic N) is 5. The minimum atomic E-state index is -1.40. The molecule has 0 radical (unpaired) electrons. The third-order valence-corrected chi connectivity index (χ3v) is 7.60. The van der Waals surface area contributed by atoms with Crippen molar-refractivity contribution >= 4 is 40.7 Å². The highest BCUT2D eigenvalue weighted by molar-refractivity contribution is 5.78. The molecule has 11 nitrogen and oxygen atoms in total. The highest BCUT2D eigenvalue weighted by Gasteiger charge is 2.35. The Labute approximate surface area is 241 Å². The van der Waals surface area contributed by atoms with Gasteiger partial charge in [0.15, 0.2) is 5.65 Å². The lowest BCUT2D eigenvalue weighted by atomic mass is 9.85. The molecule has 2 unspecified atom stereocenters.